The third-order valence-electron chi connectivity index (χ3n) is 7.49. The summed E-state index contributed by atoms with van der Waals surface area (Å²) in [6, 6.07) is 7.57. The van der Waals surface area contributed by atoms with Gasteiger partial charge < -0.3 is 10.2 Å². The number of alkyl halides is 2. The minimum atomic E-state index is -2.67. The molecule has 2 aliphatic rings. The van der Waals surface area contributed by atoms with E-state index in [1.54, 1.807) is 30.1 Å². The fourth-order valence-corrected chi connectivity index (χ4v) is 5.36. The first-order chi connectivity index (χ1) is 19.9. The monoisotopic (exact) mass is 597 g/mol. The highest BCUT2D eigenvalue weighted by atomic mass is 35.5. The standard InChI is InChI=1S/C28H27ClF3N9O/c1-14-17(5-6-20(30)36-14)24-23-25(41(38-37-23)28(7-8-28)26(31)32)42-39-40(24)16-9-18-21(35-13-27(2,3)4)15(11-33)12-34-22(18)19(29)10-16/h5-6,9-10,12,24,26,39H,7-8,13H2,1-4H3,(H,34,35)/t24-/m0/s1. The summed E-state index contributed by atoms with van der Waals surface area (Å²) in [5.74, 6) is -0.634. The first-order valence-corrected chi connectivity index (χ1v) is 13.7. The summed E-state index contributed by atoms with van der Waals surface area (Å²) in [6.07, 6.45) is -0.737. The van der Waals surface area contributed by atoms with Crippen LogP contribution in [0, 0.1) is 29.6 Å². The molecule has 1 aliphatic carbocycles. The maximum absolute atomic E-state index is 14.0. The normalized spacial score (nSPS) is 17.6. The molecular weight excluding hydrogens is 571 g/mol. The van der Waals surface area contributed by atoms with Crippen LogP contribution < -0.4 is 20.8 Å². The second-order valence-corrected chi connectivity index (χ2v) is 12.2. The Morgan fingerprint density at radius 3 is 2.69 bits per heavy atom. The van der Waals surface area contributed by atoms with Gasteiger partial charge in [0, 0.05) is 29.4 Å². The Bertz CT molecular complexity index is 1740. The van der Waals surface area contributed by atoms with E-state index in [0.29, 0.717) is 50.7 Å². The van der Waals surface area contributed by atoms with Crippen molar-refractivity contribution >= 4 is 33.9 Å². The van der Waals surface area contributed by atoms with E-state index in [2.05, 4.69) is 58.0 Å². The zero-order chi connectivity index (χ0) is 30.0. The quantitative estimate of drug-likeness (QED) is 0.265. The molecule has 0 unspecified atom stereocenters. The number of fused-ring (bicyclic) bond motifs is 2. The number of nitriles is 1. The summed E-state index contributed by atoms with van der Waals surface area (Å²) in [5, 5.41) is 24.0. The number of benzene rings is 1. The first-order valence-electron chi connectivity index (χ1n) is 13.3. The van der Waals surface area contributed by atoms with Crippen LogP contribution in [0.25, 0.3) is 10.9 Å². The number of aromatic nitrogens is 5. The van der Waals surface area contributed by atoms with E-state index in [4.69, 9.17) is 16.4 Å². The van der Waals surface area contributed by atoms with E-state index >= 15 is 0 Å². The fraction of sp³-hybridized carbons (Fsp3) is 0.393. The molecule has 42 heavy (non-hydrogen) atoms. The second kappa shape index (κ2) is 9.99. The Kier molecular flexibility index (Phi) is 6.66. The molecule has 0 spiro atoms. The third-order valence-corrected chi connectivity index (χ3v) is 7.78. The van der Waals surface area contributed by atoms with Crippen molar-refractivity contribution in [2.45, 2.75) is 58.5 Å². The van der Waals surface area contributed by atoms with Gasteiger partial charge >= 0.3 is 0 Å². The molecule has 1 atom stereocenters. The van der Waals surface area contributed by atoms with Gasteiger partial charge in [0.1, 0.15) is 17.6 Å². The van der Waals surface area contributed by atoms with Gasteiger partial charge in [0.05, 0.1) is 27.5 Å². The molecule has 0 bridgehead atoms. The number of halogens is 4. The topological polar surface area (TPSA) is 117 Å². The van der Waals surface area contributed by atoms with Crippen molar-refractivity contribution in [3.05, 3.63) is 63.9 Å². The summed E-state index contributed by atoms with van der Waals surface area (Å²) in [7, 11) is 0. The largest absolute Gasteiger partial charge is 0.383 e. The molecule has 6 rings (SSSR count). The van der Waals surface area contributed by atoms with Gasteiger partial charge in [-0.2, -0.15) is 14.3 Å². The van der Waals surface area contributed by atoms with Crippen molar-refractivity contribution in [2.24, 2.45) is 5.41 Å². The lowest BCUT2D eigenvalue weighted by Crippen LogP contribution is -2.48. The minimum absolute atomic E-state index is 0.0330. The van der Waals surface area contributed by atoms with Crippen LogP contribution in [-0.4, -0.2) is 37.9 Å². The maximum atomic E-state index is 14.0. The molecule has 1 saturated carbocycles. The van der Waals surface area contributed by atoms with Gasteiger partial charge in [0.15, 0.2) is 5.69 Å². The Morgan fingerprint density at radius 2 is 2.05 bits per heavy atom. The van der Waals surface area contributed by atoms with Gasteiger partial charge in [-0.1, -0.05) is 49.2 Å². The second-order valence-electron chi connectivity index (χ2n) is 11.8. The number of anilines is 2. The van der Waals surface area contributed by atoms with Crippen molar-refractivity contribution in [1.82, 2.24) is 30.6 Å². The molecule has 10 nitrogen and oxygen atoms in total. The van der Waals surface area contributed by atoms with Gasteiger partial charge in [0.25, 0.3) is 12.3 Å². The molecule has 218 valence electrons. The van der Waals surface area contributed by atoms with Crippen LogP contribution in [0.3, 0.4) is 0 Å². The lowest BCUT2D eigenvalue weighted by atomic mass is 9.96. The Morgan fingerprint density at radius 1 is 1.29 bits per heavy atom. The van der Waals surface area contributed by atoms with Crippen molar-refractivity contribution in [3.8, 4) is 11.9 Å². The van der Waals surface area contributed by atoms with Gasteiger partial charge in [-0.25, -0.2) is 13.8 Å². The van der Waals surface area contributed by atoms with Crippen LogP contribution in [0.4, 0.5) is 24.5 Å². The van der Waals surface area contributed by atoms with E-state index in [9.17, 15) is 18.4 Å². The van der Waals surface area contributed by atoms with Gasteiger partial charge in [-0.15, -0.1) is 5.10 Å². The van der Waals surface area contributed by atoms with Gasteiger partial charge in [-0.05, 0) is 43.4 Å². The predicted molar refractivity (Wildman–Crippen MR) is 150 cm³/mol. The van der Waals surface area contributed by atoms with Crippen molar-refractivity contribution < 1.29 is 18.0 Å². The SMILES string of the molecule is Cc1nc(F)ccc1[C@H]1c2nnn(C3(C(F)F)CC3)c2ONN1c1cc(Cl)c2ncc(C#N)c(NCC(C)(C)C)c2c1. The molecule has 1 aliphatic heterocycles. The van der Waals surface area contributed by atoms with E-state index in [1.165, 1.54) is 12.3 Å². The Hall–Kier alpha value is -4.15. The van der Waals surface area contributed by atoms with Crippen molar-refractivity contribution in [1.29, 1.82) is 5.26 Å². The van der Waals surface area contributed by atoms with Crippen LogP contribution in [0.15, 0.2) is 30.5 Å². The average molecular weight is 598 g/mol. The highest BCUT2D eigenvalue weighted by Crippen LogP contribution is 2.52. The van der Waals surface area contributed by atoms with Gasteiger partial charge in [0.2, 0.25) is 5.95 Å². The highest BCUT2D eigenvalue weighted by molar-refractivity contribution is 6.35. The third kappa shape index (κ3) is 4.64. The first kappa shape index (κ1) is 28.0. The van der Waals surface area contributed by atoms with Crippen LogP contribution in [0.2, 0.25) is 5.02 Å². The number of hydrazine groups is 1. The van der Waals surface area contributed by atoms with Gasteiger partial charge in [-0.3, -0.25) is 9.99 Å². The Balaban J connectivity index is 1.53. The number of hydrogen-bond acceptors (Lipinski definition) is 9. The summed E-state index contributed by atoms with van der Waals surface area (Å²) >= 11 is 6.75. The molecule has 4 aromatic rings. The number of aryl methyl sites for hydroxylation is 1. The lowest BCUT2D eigenvalue weighted by Gasteiger charge is -2.37. The van der Waals surface area contributed by atoms with Crippen molar-refractivity contribution in [3.63, 3.8) is 0 Å². The molecule has 0 radical (unpaired) electrons. The number of hydrogen-bond donors (Lipinski definition) is 2. The molecule has 1 fully saturated rings. The van der Waals surface area contributed by atoms with E-state index in [0.717, 1.165) is 4.68 Å². The Labute approximate surface area is 244 Å². The van der Waals surface area contributed by atoms with Crippen LogP contribution in [0.5, 0.6) is 5.88 Å². The van der Waals surface area contributed by atoms with Crippen LogP contribution >= 0.6 is 11.6 Å². The highest BCUT2D eigenvalue weighted by Gasteiger charge is 2.57. The summed E-state index contributed by atoms with van der Waals surface area (Å²) in [6.45, 7) is 8.41. The molecule has 4 heterocycles. The fourth-order valence-electron chi connectivity index (χ4n) is 5.09. The molecule has 14 heteroatoms. The summed E-state index contributed by atoms with van der Waals surface area (Å²) in [5.41, 5.74) is 4.25. The molecule has 3 aromatic heterocycles. The number of pyridine rings is 2. The number of rotatable bonds is 6. The average Bonchev–Trinajstić information content (AvgIpc) is 3.63. The molecule has 1 aromatic carbocycles. The molecule has 0 amide bonds. The number of nitrogens with one attached hydrogen (secondary N) is 2. The molecule has 2 N–H and O–H groups in total. The molecular formula is C28H27ClF3N9O. The lowest BCUT2D eigenvalue weighted by molar-refractivity contribution is 0.0448. The van der Waals surface area contributed by atoms with Crippen LogP contribution in [-0.2, 0) is 5.54 Å². The maximum Gasteiger partial charge on any atom is 0.265 e. The number of nitrogens with zero attached hydrogens (tertiary/aromatic N) is 7. The zero-order valence-corrected chi connectivity index (χ0v) is 24.0. The van der Waals surface area contributed by atoms with Crippen molar-refractivity contribution in [2.75, 3.05) is 16.9 Å². The minimum Gasteiger partial charge on any atom is -0.383 e. The van der Waals surface area contributed by atoms with Crippen LogP contribution in [0.1, 0.15) is 62.2 Å². The summed E-state index contributed by atoms with van der Waals surface area (Å²) < 4.78 is 43.2. The summed E-state index contributed by atoms with van der Waals surface area (Å²) in [4.78, 5) is 14.2. The van der Waals surface area contributed by atoms with E-state index < -0.39 is 24.0 Å². The van der Waals surface area contributed by atoms with E-state index in [1.807, 2.05) is 0 Å². The smallest absolute Gasteiger partial charge is 0.265 e. The van der Waals surface area contributed by atoms with E-state index in [-0.39, 0.29) is 29.8 Å². The zero-order valence-electron chi connectivity index (χ0n) is 23.2. The predicted octanol–water partition coefficient (Wildman–Crippen LogP) is 5.81. The molecule has 0 saturated heterocycles.